The smallest absolute Gasteiger partial charge is 0.357 e. The number of aryl methyl sites for hydroxylation is 1. The average Bonchev–Trinajstić information content (AvgIpc) is 3.03. The van der Waals surface area contributed by atoms with Gasteiger partial charge < -0.3 is 9.72 Å². The van der Waals surface area contributed by atoms with Crippen LogP contribution in [0, 0.1) is 6.92 Å². The highest BCUT2D eigenvalue weighted by Gasteiger charge is 2.13. The fraction of sp³-hybridized carbons (Fsp3) is 0.167. The minimum absolute atomic E-state index is 0.303. The summed E-state index contributed by atoms with van der Waals surface area (Å²) in [6, 6.07) is 1.99. The van der Waals surface area contributed by atoms with Gasteiger partial charge in [-0.25, -0.2) is 19.7 Å². The number of fused-ring (bicyclic) bond motifs is 1. The number of nitrogens with zero attached hydrogens (tertiary/aromatic N) is 3. The molecule has 0 unspecified atom stereocenters. The third-order valence-electron chi connectivity index (χ3n) is 2.54. The van der Waals surface area contributed by atoms with E-state index in [1.165, 1.54) is 30.2 Å². The monoisotopic (exact) mass is 306 g/mol. The van der Waals surface area contributed by atoms with Gasteiger partial charge in [-0.05, 0) is 24.8 Å². The highest BCUT2D eigenvalue weighted by atomic mass is 32.2. The maximum Gasteiger partial charge on any atom is 0.357 e. The number of esters is 1. The van der Waals surface area contributed by atoms with Crippen molar-refractivity contribution in [2.75, 3.05) is 7.11 Å². The van der Waals surface area contributed by atoms with Crippen molar-refractivity contribution in [1.29, 1.82) is 0 Å². The molecule has 0 bridgehead atoms. The molecule has 1 N–H and O–H groups in total. The number of methoxy groups -OCH3 is 1. The first kappa shape index (κ1) is 13.1. The molecular formula is C12H10N4O2S2. The first-order chi connectivity index (χ1) is 9.65. The Labute approximate surface area is 122 Å². The van der Waals surface area contributed by atoms with Crippen LogP contribution in [0.4, 0.5) is 0 Å². The van der Waals surface area contributed by atoms with Crippen molar-refractivity contribution in [3.8, 4) is 0 Å². The maximum absolute atomic E-state index is 11.3. The molecule has 8 heteroatoms. The molecule has 0 amide bonds. The van der Waals surface area contributed by atoms with Crippen LogP contribution in [0.1, 0.15) is 16.2 Å². The number of thiazole rings is 1. The Morgan fingerprint density at radius 2 is 2.30 bits per heavy atom. The number of hydrogen-bond acceptors (Lipinski definition) is 7. The minimum Gasteiger partial charge on any atom is -0.464 e. The van der Waals surface area contributed by atoms with Gasteiger partial charge in [-0.1, -0.05) is 0 Å². The van der Waals surface area contributed by atoms with Crippen molar-refractivity contribution >= 4 is 40.1 Å². The van der Waals surface area contributed by atoms with Crippen molar-refractivity contribution in [1.82, 2.24) is 19.9 Å². The number of aromatic nitrogens is 4. The summed E-state index contributed by atoms with van der Waals surface area (Å²) in [4.78, 5) is 27.4. The molecule has 20 heavy (non-hydrogen) atoms. The number of carbonyl (C=O) groups is 1. The molecular weight excluding hydrogens is 296 g/mol. The number of nitrogens with one attached hydrogen (secondary N) is 1. The lowest BCUT2D eigenvalue weighted by molar-refractivity contribution is 0.0594. The zero-order chi connectivity index (χ0) is 14.1. The first-order valence-corrected chi connectivity index (χ1v) is 7.39. The SMILES string of the molecule is COC(=O)c1csc(Sc2ncc3cc(C)[nH]c3n2)n1. The van der Waals surface area contributed by atoms with Crippen molar-refractivity contribution in [2.24, 2.45) is 0 Å². The summed E-state index contributed by atoms with van der Waals surface area (Å²) >= 11 is 2.68. The highest BCUT2D eigenvalue weighted by molar-refractivity contribution is 8.00. The number of rotatable bonds is 3. The van der Waals surface area contributed by atoms with Gasteiger partial charge in [0, 0.05) is 22.7 Å². The molecule has 3 aromatic heterocycles. The van der Waals surface area contributed by atoms with E-state index in [1.807, 2.05) is 13.0 Å². The molecule has 0 radical (unpaired) electrons. The third kappa shape index (κ3) is 2.52. The standard InChI is InChI=1S/C12H10N4O2S2/c1-6-3-7-4-13-11(16-9(7)14-6)20-12-15-8(5-19-12)10(17)18-2/h3-5H,1-2H3,(H,13,14,16). The lowest BCUT2D eigenvalue weighted by atomic mass is 10.4. The molecule has 0 spiro atoms. The summed E-state index contributed by atoms with van der Waals surface area (Å²) in [5.41, 5.74) is 2.14. The largest absolute Gasteiger partial charge is 0.464 e. The quantitative estimate of drug-likeness (QED) is 0.592. The Balaban J connectivity index is 1.85. The van der Waals surface area contributed by atoms with Crippen LogP contribution in [-0.4, -0.2) is 33.0 Å². The number of ether oxygens (including phenoxy) is 1. The Kier molecular flexibility index (Phi) is 3.41. The van der Waals surface area contributed by atoms with E-state index < -0.39 is 5.97 Å². The van der Waals surface area contributed by atoms with Gasteiger partial charge in [0.15, 0.2) is 15.2 Å². The lowest BCUT2D eigenvalue weighted by Crippen LogP contribution is -2.00. The molecule has 0 saturated heterocycles. The molecule has 102 valence electrons. The summed E-state index contributed by atoms with van der Waals surface area (Å²) < 4.78 is 5.32. The Bertz CT molecular complexity index is 781. The molecule has 0 aliphatic heterocycles. The molecule has 6 nitrogen and oxygen atoms in total. The minimum atomic E-state index is -0.440. The Morgan fingerprint density at radius 1 is 1.45 bits per heavy atom. The Morgan fingerprint density at radius 3 is 3.10 bits per heavy atom. The van der Waals surface area contributed by atoms with Gasteiger partial charge in [0.25, 0.3) is 0 Å². The second kappa shape index (κ2) is 5.22. The van der Waals surface area contributed by atoms with Crippen LogP contribution in [0.3, 0.4) is 0 Å². The average molecular weight is 306 g/mol. The second-order valence-electron chi connectivity index (χ2n) is 4.00. The molecule has 3 heterocycles. The molecule has 0 aromatic carbocycles. The van der Waals surface area contributed by atoms with Gasteiger partial charge in [-0.3, -0.25) is 0 Å². The van der Waals surface area contributed by atoms with Gasteiger partial charge in [0.05, 0.1) is 7.11 Å². The molecule has 0 aliphatic carbocycles. The van der Waals surface area contributed by atoms with Crippen LogP contribution in [0.15, 0.2) is 27.1 Å². The molecule has 0 fully saturated rings. The van der Waals surface area contributed by atoms with Crippen LogP contribution >= 0.6 is 23.1 Å². The summed E-state index contributed by atoms with van der Waals surface area (Å²) in [5, 5.41) is 3.22. The van der Waals surface area contributed by atoms with Crippen LogP contribution in [0.5, 0.6) is 0 Å². The van der Waals surface area contributed by atoms with Gasteiger partial charge in [0.2, 0.25) is 0 Å². The van der Waals surface area contributed by atoms with Crippen LogP contribution in [0.2, 0.25) is 0 Å². The predicted octanol–water partition coefficient (Wildman–Crippen LogP) is 2.66. The molecule has 0 saturated carbocycles. The summed E-state index contributed by atoms with van der Waals surface area (Å²) in [6.45, 7) is 1.97. The van der Waals surface area contributed by atoms with Gasteiger partial charge in [-0.2, -0.15) is 0 Å². The van der Waals surface area contributed by atoms with Gasteiger partial charge >= 0.3 is 5.97 Å². The van der Waals surface area contributed by atoms with E-state index >= 15 is 0 Å². The van der Waals surface area contributed by atoms with E-state index in [0.29, 0.717) is 15.2 Å². The third-order valence-corrected chi connectivity index (χ3v) is 4.36. The fourth-order valence-corrected chi connectivity index (χ4v) is 3.28. The maximum atomic E-state index is 11.3. The lowest BCUT2D eigenvalue weighted by Gasteiger charge is -1.96. The van der Waals surface area contributed by atoms with Crippen LogP contribution in [-0.2, 0) is 4.74 Å². The van der Waals surface area contributed by atoms with Crippen molar-refractivity contribution in [3.63, 3.8) is 0 Å². The number of aromatic amines is 1. The van der Waals surface area contributed by atoms with E-state index in [-0.39, 0.29) is 0 Å². The Hall–Kier alpha value is -1.93. The zero-order valence-corrected chi connectivity index (χ0v) is 12.3. The molecule has 0 aliphatic rings. The summed E-state index contributed by atoms with van der Waals surface area (Å²) in [6.07, 6.45) is 1.77. The molecule has 3 rings (SSSR count). The summed E-state index contributed by atoms with van der Waals surface area (Å²) in [5.74, 6) is -0.440. The predicted molar refractivity (Wildman–Crippen MR) is 76.2 cm³/mol. The van der Waals surface area contributed by atoms with Crippen LogP contribution < -0.4 is 0 Å². The van der Waals surface area contributed by atoms with Crippen molar-refractivity contribution in [2.45, 2.75) is 16.4 Å². The second-order valence-corrected chi connectivity index (χ2v) is 6.07. The van der Waals surface area contributed by atoms with E-state index in [1.54, 1.807) is 11.6 Å². The first-order valence-electron chi connectivity index (χ1n) is 5.70. The van der Waals surface area contributed by atoms with Crippen LogP contribution in [0.25, 0.3) is 11.0 Å². The molecule has 3 aromatic rings. The van der Waals surface area contributed by atoms with E-state index in [2.05, 4.69) is 24.7 Å². The van der Waals surface area contributed by atoms with E-state index in [9.17, 15) is 4.79 Å². The number of H-pyrrole nitrogens is 1. The number of carbonyl (C=O) groups excluding carboxylic acids is 1. The van der Waals surface area contributed by atoms with Crippen molar-refractivity contribution in [3.05, 3.63) is 29.0 Å². The zero-order valence-electron chi connectivity index (χ0n) is 10.7. The topological polar surface area (TPSA) is 80.8 Å². The van der Waals surface area contributed by atoms with Gasteiger partial charge in [-0.15, -0.1) is 11.3 Å². The van der Waals surface area contributed by atoms with Crippen molar-refractivity contribution < 1.29 is 9.53 Å². The summed E-state index contributed by atoms with van der Waals surface area (Å²) in [7, 11) is 1.33. The molecule has 0 atom stereocenters. The van der Waals surface area contributed by atoms with E-state index in [4.69, 9.17) is 0 Å². The normalized spacial score (nSPS) is 10.9. The fourth-order valence-electron chi connectivity index (χ4n) is 1.67. The van der Waals surface area contributed by atoms with E-state index in [0.717, 1.165) is 16.7 Å². The highest BCUT2D eigenvalue weighted by Crippen LogP contribution is 2.28. The van der Waals surface area contributed by atoms with Gasteiger partial charge in [0.1, 0.15) is 5.65 Å². The number of hydrogen-bond donors (Lipinski definition) is 1.